The summed E-state index contributed by atoms with van der Waals surface area (Å²) in [4.78, 5) is 9.06. The van der Waals surface area contributed by atoms with Gasteiger partial charge < -0.3 is 5.11 Å². The summed E-state index contributed by atoms with van der Waals surface area (Å²) in [6.07, 6.45) is 1.78. The topological polar surface area (TPSA) is 46.0 Å². The van der Waals surface area contributed by atoms with E-state index >= 15 is 0 Å². The van der Waals surface area contributed by atoms with Gasteiger partial charge in [-0.1, -0.05) is 26.0 Å². The lowest BCUT2D eigenvalue weighted by molar-refractivity contribution is 0.00519. The van der Waals surface area contributed by atoms with Gasteiger partial charge in [0.05, 0.1) is 16.7 Å². The molecule has 3 rings (SSSR count). The highest BCUT2D eigenvalue weighted by Gasteiger charge is 2.29. The Morgan fingerprint density at radius 3 is 2.60 bits per heavy atom. The molecule has 0 amide bonds. The monoisotopic (exact) mass is 266 g/mol. The second-order valence-electron chi connectivity index (χ2n) is 5.71. The molecule has 0 saturated heterocycles. The highest BCUT2D eigenvalue weighted by molar-refractivity contribution is 6.03. The van der Waals surface area contributed by atoms with Crippen LogP contribution in [0.15, 0.2) is 42.6 Å². The second kappa shape index (κ2) is 4.53. The Balaban J connectivity index is 2.32. The van der Waals surface area contributed by atoms with E-state index in [0.29, 0.717) is 5.69 Å². The standard InChI is InChI=1S/C17H18N2O/c1-11(2)17(3,20)15-9-7-12-6-8-14-13(16(12)19-15)5-4-10-18-14/h4-11,20H,1-3H3. The molecule has 3 aromatic rings. The van der Waals surface area contributed by atoms with Crippen molar-refractivity contribution in [2.75, 3.05) is 0 Å². The van der Waals surface area contributed by atoms with Crippen LogP contribution in [0.2, 0.25) is 0 Å². The number of hydrogen-bond donors (Lipinski definition) is 1. The van der Waals surface area contributed by atoms with Gasteiger partial charge in [0, 0.05) is 17.0 Å². The van der Waals surface area contributed by atoms with Gasteiger partial charge in [0.2, 0.25) is 0 Å². The van der Waals surface area contributed by atoms with E-state index in [1.807, 2.05) is 57.2 Å². The first kappa shape index (κ1) is 13.0. The van der Waals surface area contributed by atoms with Crippen molar-refractivity contribution in [2.24, 2.45) is 5.92 Å². The second-order valence-corrected chi connectivity index (χ2v) is 5.71. The zero-order chi connectivity index (χ0) is 14.3. The zero-order valence-electron chi connectivity index (χ0n) is 12.0. The van der Waals surface area contributed by atoms with Gasteiger partial charge in [0.25, 0.3) is 0 Å². The molecule has 102 valence electrons. The van der Waals surface area contributed by atoms with Crippen LogP contribution in [-0.4, -0.2) is 15.1 Å². The van der Waals surface area contributed by atoms with Crippen LogP contribution >= 0.6 is 0 Å². The third-order valence-corrected chi connectivity index (χ3v) is 4.08. The number of benzene rings is 1. The highest BCUT2D eigenvalue weighted by atomic mass is 16.3. The van der Waals surface area contributed by atoms with Gasteiger partial charge in [0.15, 0.2) is 0 Å². The summed E-state index contributed by atoms with van der Waals surface area (Å²) in [6, 6.07) is 11.9. The Morgan fingerprint density at radius 1 is 1.10 bits per heavy atom. The SMILES string of the molecule is CC(C)C(C)(O)c1ccc2ccc3ncccc3c2n1. The van der Waals surface area contributed by atoms with Crippen LogP contribution in [0.3, 0.4) is 0 Å². The van der Waals surface area contributed by atoms with E-state index < -0.39 is 5.60 Å². The lowest BCUT2D eigenvalue weighted by atomic mass is 9.88. The van der Waals surface area contributed by atoms with Crippen molar-refractivity contribution in [1.82, 2.24) is 9.97 Å². The first-order valence-corrected chi connectivity index (χ1v) is 6.87. The largest absolute Gasteiger partial charge is 0.384 e. The van der Waals surface area contributed by atoms with Crippen molar-refractivity contribution in [3.63, 3.8) is 0 Å². The van der Waals surface area contributed by atoms with Gasteiger partial charge in [-0.3, -0.25) is 4.98 Å². The number of nitrogens with zero attached hydrogens (tertiary/aromatic N) is 2. The van der Waals surface area contributed by atoms with E-state index in [1.165, 1.54) is 0 Å². The molecule has 0 spiro atoms. The summed E-state index contributed by atoms with van der Waals surface area (Å²) in [7, 11) is 0. The van der Waals surface area contributed by atoms with Crippen molar-refractivity contribution in [2.45, 2.75) is 26.4 Å². The van der Waals surface area contributed by atoms with Gasteiger partial charge in [-0.2, -0.15) is 0 Å². The molecule has 3 heteroatoms. The van der Waals surface area contributed by atoms with E-state index in [0.717, 1.165) is 21.8 Å². The van der Waals surface area contributed by atoms with Crippen molar-refractivity contribution in [3.05, 3.63) is 48.3 Å². The van der Waals surface area contributed by atoms with Crippen LogP contribution in [0.1, 0.15) is 26.5 Å². The summed E-state index contributed by atoms with van der Waals surface area (Å²) in [5.74, 6) is 0.0977. The van der Waals surface area contributed by atoms with Crippen molar-refractivity contribution in [1.29, 1.82) is 0 Å². The molecule has 1 aromatic carbocycles. The maximum Gasteiger partial charge on any atom is 0.106 e. The van der Waals surface area contributed by atoms with Gasteiger partial charge in [-0.15, -0.1) is 0 Å². The van der Waals surface area contributed by atoms with Crippen LogP contribution in [0.5, 0.6) is 0 Å². The molecule has 0 aliphatic heterocycles. The summed E-state index contributed by atoms with van der Waals surface area (Å²) < 4.78 is 0. The Kier molecular flexibility index (Phi) is 2.94. The first-order chi connectivity index (χ1) is 9.50. The van der Waals surface area contributed by atoms with E-state index in [4.69, 9.17) is 4.98 Å². The van der Waals surface area contributed by atoms with E-state index in [-0.39, 0.29) is 5.92 Å². The highest BCUT2D eigenvalue weighted by Crippen LogP contribution is 2.30. The third kappa shape index (κ3) is 1.95. The summed E-state index contributed by atoms with van der Waals surface area (Å²) in [6.45, 7) is 5.81. The Labute approximate surface area is 118 Å². The van der Waals surface area contributed by atoms with E-state index in [1.54, 1.807) is 6.20 Å². The molecule has 2 heterocycles. The molecule has 1 N–H and O–H groups in total. The number of aromatic nitrogens is 2. The fourth-order valence-corrected chi connectivity index (χ4v) is 2.32. The molecule has 0 bridgehead atoms. The number of hydrogen-bond acceptors (Lipinski definition) is 3. The Hall–Kier alpha value is -2.00. The van der Waals surface area contributed by atoms with Crippen LogP contribution < -0.4 is 0 Å². The third-order valence-electron chi connectivity index (χ3n) is 4.08. The number of aliphatic hydroxyl groups is 1. The number of fused-ring (bicyclic) bond motifs is 3. The van der Waals surface area contributed by atoms with Gasteiger partial charge in [0.1, 0.15) is 5.60 Å². The molecule has 0 aliphatic rings. The van der Waals surface area contributed by atoms with Crippen molar-refractivity contribution in [3.8, 4) is 0 Å². The minimum absolute atomic E-state index is 0.0977. The zero-order valence-corrected chi connectivity index (χ0v) is 12.0. The molecule has 0 radical (unpaired) electrons. The molecule has 0 saturated carbocycles. The van der Waals surface area contributed by atoms with E-state index in [9.17, 15) is 5.11 Å². The van der Waals surface area contributed by atoms with Crippen LogP contribution in [0.25, 0.3) is 21.8 Å². The first-order valence-electron chi connectivity index (χ1n) is 6.87. The Morgan fingerprint density at radius 2 is 1.85 bits per heavy atom. The summed E-state index contributed by atoms with van der Waals surface area (Å²) >= 11 is 0. The smallest absolute Gasteiger partial charge is 0.106 e. The number of pyridine rings is 2. The molecule has 1 unspecified atom stereocenters. The van der Waals surface area contributed by atoms with Gasteiger partial charge >= 0.3 is 0 Å². The summed E-state index contributed by atoms with van der Waals surface area (Å²) in [5, 5.41) is 12.7. The van der Waals surface area contributed by atoms with Crippen molar-refractivity contribution >= 4 is 21.8 Å². The van der Waals surface area contributed by atoms with Crippen molar-refractivity contribution < 1.29 is 5.11 Å². The molecule has 0 fully saturated rings. The predicted molar refractivity (Wildman–Crippen MR) is 81.5 cm³/mol. The fraction of sp³-hybridized carbons (Fsp3) is 0.294. The molecular weight excluding hydrogens is 248 g/mol. The predicted octanol–water partition coefficient (Wildman–Crippen LogP) is 3.65. The molecule has 1 atom stereocenters. The number of rotatable bonds is 2. The average molecular weight is 266 g/mol. The maximum atomic E-state index is 10.6. The lowest BCUT2D eigenvalue weighted by Gasteiger charge is -2.27. The fourth-order valence-electron chi connectivity index (χ4n) is 2.32. The minimum atomic E-state index is -0.932. The molecule has 20 heavy (non-hydrogen) atoms. The normalized spacial score (nSPS) is 14.8. The molecule has 0 aliphatic carbocycles. The Bertz CT molecular complexity index is 778. The lowest BCUT2D eigenvalue weighted by Crippen LogP contribution is -2.29. The van der Waals surface area contributed by atoms with Crippen LogP contribution in [0, 0.1) is 5.92 Å². The molecule has 3 nitrogen and oxygen atoms in total. The van der Waals surface area contributed by atoms with Crippen LogP contribution in [-0.2, 0) is 5.60 Å². The maximum absolute atomic E-state index is 10.6. The van der Waals surface area contributed by atoms with Gasteiger partial charge in [-0.05, 0) is 37.1 Å². The average Bonchev–Trinajstić information content (AvgIpc) is 2.46. The van der Waals surface area contributed by atoms with E-state index in [2.05, 4.69) is 4.98 Å². The summed E-state index contributed by atoms with van der Waals surface area (Å²) in [5.41, 5.74) is 1.60. The quantitative estimate of drug-likeness (QED) is 0.720. The molecule has 2 aromatic heterocycles. The van der Waals surface area contributed by atoms with Crippen LogP contribution in [0.4, 0.5) is 0 Å². The minimum Gasteiger partial charge on any atom is -0.384 e. The molecular formula is C17H18N2O. The van der Waals surface area contributed by atoms with Gasteiger partial charge in [-0.25, -0.2) is 4.98 Å².